The Morgan fingerprint density at radius 1 is 1.92 bits per heavy atom. The Morgan fingerprint density at radius 3 is 3.17 bits per heavy atom. The van der Waals surface area contributed by atoms with Gasteiger partial charge in [-0.15, -0.1) is 5.10 Å². The SMILES string of the molecule is CC1OC=NN(CC(=O)O)C1=O. The average molecular weight is 172 g/mol. The molecular formula is C6H8N2O4. The van der Waals surface area contributed by atoms with Crippen LogP contribution in [-0.4, -0.2) is 41.0 Å². The molecule has 0 radical (unpaired) electrons. The number of hydrogen-bond acceptors (Lipinski definition) is 4. The predicted octanol–water partition coefficient (Wildman–Crippen LogP) is -0.738. The molecule has 0 aromatic rings. The highest BCUT2D eigenvalue weighted by Gasteiger charge is 2.25. The van der Waals surface area contributed by atoms with E-state index in [2.05, 4.69) is 5.10 Å². The van der Waals surface area contributed by atoms with Gasteiger partial charge in [0.1, 0.15) is 6.54 Å². The smallest absolute Gasteiger partial charge is 0.325 e. The molecule has 0 saturated carbocycles. The summed E-state index contributed by atoms with van der Waals surface area (Å²) in [5, 5.41) is 12.7. The fourth-order valence-electron chi connectivity index (χ4n) is 0.747. The number of carbonyl (C=O) groups excluding carboxylic acids is 1. The van der Waals surface area contributed by atoms with Gasteiger partial charge in [-0.25, -0.2) is 5.01 Å². The Kier molecular flexibility index (Phi) is 2.27. The molecule has 0 spiro atoms. The number of carboxylic acids is 1. The van der Waals surface area contributed by atoms with Gasteiger partial charge in [-0.1, -0.05) is 0 Å². The minimum atomic E-state index is -1.10. The molecule has 0 aliphatic carbocycles. The van der Waals surface area contributed by atoms with Crippen LogP contribution in [0.3, 0.4) is 0 Å². The van der Waals surface area contributed by atoms with E-state index in [0.717, 1.165) is 11.4 Å². The molecule has 0 aromatic heterocycles. The lowest BCUT2D eigenvalue weighted by Gasteiger charge is -2.22. The van der Waals surface area contributed by atoms with Crippen molar-refractivity contribution in [3.05, 3.63) is 0 Å². The summed E-state index contributed by atoms with van der Waals surface area (Å²) in [4.78, 5) is 21.3. The monoisotopic (exact) mass is 172 g/mol. The Morgan fingerprint density at radius 2 is 2.58 bits per heavy atom. The number of aliphatic carboxylic acids is 1. The number of hydrazone groups is 1. The Hall–Kier alpha value is -1.59. The van der Waals surface area contributed by atoms with Crippen molar-refractivity contribution in [1.29, 1.82) is 0 Å². The zero-order chi connectivity index (χ0) is 9.14. The van der Waals surface area contributed by atoms with E-state index in [1.807, 2.05) is 0 Å². The Labute approximate surface area is 68.4 Å². The standard InChI is InChI=1S/C6H8N2O4/c1-4-6(11)8(2-5(9)10)7-3-12-4/h3-4H,2H2,1H3,(H,9,10). The van der Waals surface area contributed by atoms with Gasteiger partial charge in [0.25, 0.3) is 5.91 Å². The molecule has 0 saturated heterocycles. The van der Waals surface area contributed by atoms with Crippen LogP contribution in [-0.2, 0) is 14.3 Å². The largest absolute Gasteiger partial charge is 0.480 e. The van der Waals surface area contributed by atoms with Crippen molar-refractivity contribution >= 4 is 18.3 Å². The first-order valence-electron chi connectivity index (χ1n) is 3.32. The van der Waals surface area contributed by atoms with E-state index in [1.165, 1.54) is 6.92 Å². The van der Waals surface area contributed by atoms with E-state index >= 15 is 0 Å². The summed E-state index contributed by atoms with van der Waals surface area (Å²) in [7, 11) is 0. The number of hydrogen-bond donors (Lipinski definition) is 1. The van der Waals surface area contributed by atoms with Crippen LogP contribution in [0.1, 0.15) is 6.92 Å². The lowest BCUT2D eigenvalue weighted by atomic mass is 10.3. The van der Waals surface area contributed by atoms with Gasteiger partial charge in [0.15, 0.2) is 12.5 Å². The lowest BCUT2D eigenvalue weighted by Crippen LogP contribution is -2.41. The lowest BCUT2D eigenvalue weighted by molar-refractivity contribution is -0.149. The van der Waals surface area contributed by atoms with Gasteiger partial charge >= 0.3 is 5.97 Å². The van der Waals surface area contributed by atoms with E-state index in [9.17, 15) is 9.59 Å². The number of ether oxygens (including phenoxy) is 1. The topological polar surface area (TPSA) is 79.2 Å². The van der Waals surface area contributed by atoms with Crippen molar-refractivity contribution in [3.63, 3.8) is 0 Å². The minimum absolute atomic E-state index is 0.428. The van der Waals surface area contributed by atoms with Crippen LogP contribution in [0.25, 0.3) is 0 Å². The molecule has 1 aliphatic rings. The fourth-order valence-corrected chi connectivity index (χ4v) is 0.747. The number of carbonyl (C=O) groups is 2. The van der Waals surface area contributed by atoms with Crippen LogP contribution in [0.15, 0.2) is 5.10 Å². The minimum Gasteiger partial charge on any atom is -0.480 e. The molecule has 0 aromatic carbocycles. The highest BCUT2D eigenvalue weighted by Crippen LogP contribution is 2.03. The zero-order valence-corrected chi connectivity index (χ0v) is 6.43. The normalized spacial score (nSPS) is 22.2. The van der Waals surface area contributed by atoms with E-state index in [-0.39, 0.29) is 0 Å². The highest BCUT2D eigenvalue weighted by molar-refractivity contribution is 5.86. The zero-order valence-electron chi connectivity index (χ0n) is 6.43. The molecule has 1 unspecified atom stereocenters. The number of carboxylic acid groups (broad SMARTS) is 1. The van der Waals surface area contributed by atoms with Crippen molar-refractivity contribution in [3.8, 4) is 0 Å². The highest BCUT2D eigenvalue weighted by atomic mass is 16.5. The summed E-state index contributed by atoms with van der Waals surface area (Å²) in [5.74, 6) is -1.55. The maximum absolute atomic E-state index is 11.1. The van der Waals surface area contributed by atoms with Crippen LogP contribution in [0.5, 0.6) is 0 Å². The molecule has 0 fully saturated rings. The molecule has 66 valence electrons. The van der Waals surface area contributed by atoms with E-state index in [4.69, 9.17) is 9.84 Å². The summed E-state index contributed by atoms with van der Waals surface area (Å²) in [6.07, 6.45) is 0.413. The summed E-state index contributed by atoms with van der Waals surface area (Å²) in [6.45, 7) is 1.10. The third-order valence-corrected chi connectivity index (χ3v) is 1.34. The second kappa shape index (κ2) is 3.21. The van der Waals surface area contributed by atoms with Crippen LogP contribution in [0.2, 0.25) is 0 Å². The maximum atomic E-state index is 11.1. The maximum Gasteiger partial charge on any atom is 0.325 e. The molecular weight excluding hydrogens is 164 g/mol. The first-order chi connectivity index (χ1) is 5.61. The van der Waals surface area contributed by atoms with E-state index < -0.39 is 24.5 Å². The van der Waals surface area contributed by atoms with Crippen LogP contribution < -0.4 is 0 Å². The van der Waals surface area contributed by atoms with Gasteiger partial charge in [0.05, 0.1) is 0 Å². The number of rotatable bonds is 2. The number of amides is 1. The van der Waals surface area contributed by atoms with Crippen molar-refractivity contribution in [2.75, 3.05) is 6.54 Å². The van der Waals surface area contributed by atoms with Crippen molar-refractivity contribution in [2.24, 2.45) is 5.10 Å². The number of nitrogens with zero attached hydrogens (tertiary/aromatic N) is 2. The molecule has 1 atom stereocenters. The van der Waals surface area contributed by atoms with Crippen molar-refractivity contribution in [1.82, 2.24) is 5.01 Å². The third kappa shape index (κ3) is 1.71. The van der Waals surface area contributed by atoms with Gasteiger partial charge < -0.3 is 9.84 Å². The molecule has 12 heavy (non-hydrogen) atoms. The second-order valence-corrected chi connectivity index (χ2v) is 2.29. The van der Waals surface area contributed by atoms with Crippen molar-refractivity contribution < 1.29 is 19.4 Å². The summed E-state index contributed by atoms with van der Waals surface area (Å²) in [6, 6.07) is 0. The summed E-state index contributed by atoms with van der Waals surface area (Å²) < 4.78 is 4.73. The van der Waals surface area contributed by atoms with Gasteiger partial charge in [-0.3, -0.25) is 9.59 Å². The molecule has 1 rings (SSSR count). The quantitative estimate of drug-likeness (QED) is 0.595. The second-order valence-electron chi connectivity index (χ2n) is 2.29. The summed E-state index contributed by atoms with van der Waals surface area (Å²) in [5.41, 5.74) is 0. The van der Waals surface area contributed by atoms with Crippen LogP contribution >= 0.6 is 0 Å². The van der Waals surface area contributed by atoms with Gasteiger partial charge in [0.2, 0.25) is 0 Å². The average Bonchev–Trinajstić information content (AvgIpc) is 1.98. The van der Waals surface area contributed by atoms with Crippen molar-refractivity contribution in [2.45, 2.75) is 13.0 Å². The molecule has 6 heteroatoms. The Balaban J connectivity index is 2.64. The first kappa shape index (κ1) is 8.51. The molecule has 0 bridgehead atoms. The predicted molar refractivity (Wildman–Crippen MR) is 38.4 cm³/mol. The van der Waals surface area contributed by atoms with Gasteiger partial charge in [-0.2, -0.15) is 0 Å². The third-order valence-electron chi connectivity index (χ3n) is 1.34. The van der Waals surface area contributed by atoms with Crippen LogP contribution in [0.4, 0.5) is 0 Å². The van der Waals surface area contributed by atoms with E-state index in [1.54, 1.807) is 0 Å². The molecule has 1 N–H and O–H groups in total. The molecule has 6 nitrogen and oxygen atoms in total. The fraction of sp³-hybridized carbons (Fsp3) is 0.500. The Bertz CT molecular complexity index is 238. The first-order valence-corrected chi connectivity index (χ1v) is 3.32. The van der Waals surface area contributed by atoms with Gasteiger partial charge in [0, 0.05) is 0 Å². The molecule has 1 amide bonds. The molecule has 1 heterocycles. The van der Waals surface area contributed by atoms with Gasteiger partial charge in [-0.05, 0) is 6.92 Å². The summed E-state index contributed by atoms with van der Waals surface area (Å²) >= 11 is 0. The van der Waals surface area contributed by atoms with E-state index in [0.29, 0.717) is 0 Å². The van der Waals surface area contributed by atoms with Crippen LogP contribution in [0, 0.1) is 0 Å². The molecule has 1 aliphatic heterocycles.